The summed E-state index contributed by atoms with van der Waals surface area (Å²) in [5.41, 5.74) is 4.80. The van der Waals surface area contributed by atoms with Crippen molar-refractivity contribution in [2.75, 3.05) is 6.54 Å². The van der Waals surface area contributed by atoms with Gasteiger partial charge in [-0.15, -0.1) is 24.2 Å². The summed E-state index contributed by atoms with van der Waals surface area (Å²) < 4.78 is 2.64. The van der Waals surface area contributed by atoms with Crippen LogP contribution < -0.4 is 0 Å². The lowest BCUT2D eigenvalue weighted by molar-refractivity contribution is 0.241. The third-order valence-electron chi connectivity index (χ3n) is 5.10. The maximum Gasteiger partial charge on any atom is 0.0624 e. The van der Waals surface area contributed by atoms with E-state index in [1.807, 2.05) is 0 Å². The zero-order valence-electron chi connectivity index (χ0n) is 12.3. The number of hydrogen-bond acceptors (Lipinski definition) is 2. The van der Waals surface area contributed by atoms with Crippen molar-refractivity contribution in [3.8, 4) is 0 Å². The van der Waals surface area contributed by atoms with Crippen LogP contribution in [0.15, 0.2) is 23.1 Å². The first-order chi connectivity index (χ1) is 9.81. The molecule has 112 valence electrons. The number of fused-ring (bicyclic) bond motifs is 3. The van der Waals surface area contributed by atoms with E-state index in [0.717, 1.165) is 6.04 Å². The molecule has 0 radical (unpaired) electrons. The largest absolute Gasteiger partial charge is 0.342 e. The maximum atomic E-state index is 2.72. The van der Waals surface area contributed by atoms with Gasteiger partial charge in [-0.25, -0.2) is 0 Å². The monoisotopic (exact) mass is 320 g/mol. The predicted molar refractivity (Wildman–Crippen MR) is 91.6 cm³/mol. The fourth-order valence-corrected chi connectivity index (χ4v) is 5.20. The van der Waals surface area contributed by atoms with Gasteiger partial charge < -0.3 is 4.57 Å². The minimum Gasteiger partial charge on any atom is -0.342 e. The number of thioether (sulfide) groups is 1. The van der Waals surface area contributed by atoms with E-state index in [2.05, 4.69) is 46.4 Å². The Morgan fingerprint density at radius 1 is 1.24 bits per heavy atom. The molecule has 1 aromatic heterocycles. The molecule has 1 fully saturated rings. The van der Waals surface area contributed by atoms with Gasteiger partial charge >= 0.3 is 0 Å². The van der Waals surface area contributed by atoms with E-state index in [9.17, 15) is 0 Å². The lowest BCUT2D eigenvalue weighted by Gasteiger charge is -2.29. The Balaban J connectivity index is 0.00000115. The van der Waals surface area contributed by atoms with Crippen LogP contribution in [0.4, 0.5) is 0 Å². The molecule has 4 heteroatoms. The molecule has 2 aliphatic heterocycles. The van der Waals surface area contributed by atoms with E-state index in [1.54, 1.807) is 11.3 Å². The van der Waals surface area contributed by atoms with Crippen molar-refractivity contribution >= 4 is 35.1 Å². The van der Waals surface area contributed by atoms with Crippen molar-refractivity contribution in [1.29, 1.82) is 0 Å². The van der Waals surface area contributed by atoms with Gasteiger partial charge in [0.1, 0.15) is 0 Å². The zero-order chi connectivity index (χ0) is 13.3. The van der Waals surface area contributed by atoms with Gasteiger partial charge in [-0.3, -0.25) is 4.90 Å². The molecule has 1 aromatic carbocycles. The number of benzene rings is 1. The van der Waals surface area contributed by atoms with Crippen molar-refractivity contribution in [2.24, 2.45) is 0 Å². The molecule has 21 heavy (non-hydrogen) atoms. The van der Waals surface area contributed by atoms with E-state index in [-0.39, 0.29) is 12.4 Å². The van der Waals surface area contributed by atoms with E-state index >= 15 is 0 Å². The van der Waals surface area contributed by atoms with Gasteiger partial charge in [0.25, 0.3) is 0 Å². The van der Waals surface area contributed by atoms with Crippen LogP contribution in [0.5, 0.6) is 0 Å². The van der Waals surface area contributed by atoms with E-state index in [4.69, 9.17) is 0 Å². The Morgan fingerprint density at radius 2 is 2.10 bits per heavy atom. The zero-order valence-corrected chi connectivity index (χ0v) is 14.0. The molecule has 0 saturated heterocycles. The van der Waals surface area contributed by atoms with Crippen LogP contribution >= 0.6 is 24.2 Å². The number of nitrogens with zero attached hydrogens (tertiary/aromatic N) is 2. The van der Waals surface area contributed by atoms with Crippen LogP contribution in [0.2, 0.25) is 0 Å². The quantitative estimate of drug-likeness (QED) is 0.782. The van der Waals surface area contributed by atoms with Crippen molar-refractivity contribution in [3.63, 3.8) is 0 Å². The summed E-state index contributed by atoms with van der Waals surface area (Å²) in [4.78, 5) is 4.21. The molecule has 0 bridgehead atoms. The maximum absolute atomic E-state index is 2.72. The molecule has 3 aliphatic rings. The van der Waals surface area contributed by atoms with E-state index in [1.165, 1.54) is 54.7 Å². The molecule has 1 unspecified atom stereocenters. The fraction of sp³-hybridized carbons (Fsp3) is 0.529. The topological polar surface area (TPSA) is 8.17 Å². The summed E-state index contributed by atoms with van der Waals surface area (Å²) in [6.07, 6.45) is 4.09. The molecule has 1 saturated carbocycles. The van der Waals surface area contributed by atoms with Crippen LogP contribution in [-0.4, -0.2) is 27.3 Å². The van der Waals surface area contributed by atoms with Gasteiger partial charge in [-0.1, -0.05) is 19.1 Å². The minimum absolute atomic E-state index is 0. The lowest BCUT2D eigenvalue weighted by Crippen LogP contribution is -2.33. The molecular formula is C17H21ClN2S. The number of rotatable bonds is 1. The molecule has 3 heterocycles. The normalized spacial score (nSPS) is 24.7. The first-order valence-corrected chi connectivity index (χ1v) is 8.73. The van der Waals surface area contributed by atoms with Crippen molar-refractivity contribution < 1.29 is 0 Å². The van der Waals surface area contributed by atoms with Crippen LogP contribution in [-0.2, 0) is 19.5 Å². The van der Waals surface area contributed by atoms with Crippen LogP contribution in [0, 0.1) is 0 Å². The number of hydrogen-bond donors (Lipinski definition) is 0. The molecule has 5 rings (SSSR count). The highest BCUT2D eigenvalue weighted by Gasteiger charge is 2.34. The van der Waals surface area contributed by atoms with Gasteiger partial charge in [-0.05, 0) is 24.5 Å². The summed E-state index contributed by atoms with van der Waals surface area (Å²) >= 11 is 2.05. The summed E-state index contributed by atoms with van der Waals surface area (Å²) in [6, 6.07) is 7.80. The first-order valence-electron chi connectivity index (χ1n) is 7.85. The number of aromatic nitrogens is 1. The Morgan fingerprint density at radius 3 is 2.90 bits per heavy atom. The molecular weight excluding hydrogens is 300 g/mol. The van der Waals surface area contributed by atoms with Gasteiger partial charge in [-0.2, -0.15) is 0 Å². The standard InChI is InChI=1S/C17H20N2S.ClH/c1-11-9-19-15-7-8-18(12-5-6-12)10-14(15)13-3-2-4-16(20-11)17(13)19;/h2-4,11-12H,5-10H2,1H3;1H. The summed E-state index contributed by atoms with van der Waals surface area (Å²) in [6.45, 7) is 6.01. The average Bonchev–Trinajstić information content (AvgIpc) is 3.26. The van der Waals surface area contributed by atoms with E-state index < -0.39 is 0 Å². The SMILES string of the molecule is CC1Cn2c3c(c4cccc(c42)S1)CN(C1CC1)CC3.Cl. The highest BCUT2D eigenvalue weighted by Crippen LogP contribution is 2.43. The third kappa shape index (κ3) is 2.05. The highest BCUT2D eigenvalue weighted by atomic mass is 35.5. The van der Waals surface area contributed by atoms with Crippen molar-refractivity contribution in [3.05, 3.63) is 29.5 Å². The first kappa shape index (κ1) is 14.0. The Bertz CT molecular complexity index is 704. The minimum atomic E-state index is 0. The molecule has 2 aromatic rings. The second-order valence-electron chi connectivity index (χ2n) is 6.57. The summed E-state index contributed by atoms with van der Waals surface area (Å²) in [7, 11) is 0. The third-order valence-corrected chi connectivity index (χ3v) is 6.23. The Hall–Kier alpha value is -0.640. The molecule has 1 aliphatic carbocycles. The smallest absolute Gasteiger partial charge is 0.0624 e. The lowest BCUT2D eigenvalue weighted by atomic mass is 10.0. The second kappa shape index (κ2) is 4.94. The van der Waals surface area contributed by atoms with Gasteiger partial charge in [0.05, 0.1) is 5.52 Å². The number of halogens is 1. The Kier molecular flexibility index (Phi) is 3.29. The van der Waals surface area contributed by atoms with Crippen LogP contribution in [0.1, 0.15) is 31.0 Å². The van der Waals surface area contributed by atoms with Gasteiger partial charge in [0.2, 0.25) is 0 Å². The molecule has 0 N–H and O–H groups in total. The summed E-state index contributed by atoms with van der Waals surface area (Å²) in [5, 5.41) is 2.23. The van der Waals surface area contributed by atoms with Crippen molar-refractivity contribution in [2.45, 2.75) is 55.5 Å². The average molecular weight is 321 g/mol. The number of para-hydroxylation sites is 1. The van der Waals surface area contributed by atoms with E-state index in [0.29, 0.717) is 5.25 Å². The predicted octanol–water partition coefficient (Wildman–Crippen LogP) is 4.08. The molecule has 2 nitrogen and oxygen atoms in total. The van der Waals surface area contributed by atoms with Gasteiger partial charge in [0, 0.05) is 53.3 Å². The molecule has 0 spiro atoms. The van der Waals surface area contributed by atoms with Crippen LogP contribution in [0.3, 0.4) is 0 Å². The highest BCUT2D eigenvalue weighted by molar-refractivity contribution is 8.00. The molecule has 1 atom stereocenters. The fourth-order valence-electron chi connectivity index (χ4n) is 4.05. The van der Waals surface area contributed by atoms with Crippen molar-refractivity contribution in [1.82, 2.24) is 9.47 Å². The Labute approximate surface area is 136 Å². The second-order valence-corrected chi connectivity index (χ2v) is 8.05. The molecule has 0 amide bonds. The van der Waals surface area contributed by atoms with Gasteiger partial charge in [0.15, 0.2) is 0 Å². The summed E-state index contributed by atoms with van der Waals surface area (Å²) in [5.74, 6) is 0. The van der Waals surface area contributed by atoms with Crippen LogP contribution in [0.25, 0.3) is 10.9 Å².